The molecule has 0 unspecified atom stereocenters. The molecule has 0 atom stereocenters. The number of hydrogen-bond donors (Lipinski definition) is 2. The van der Waals surface area contributed by atoms with Gasteiger partial charge in [-0.1, -0.05) is 0 Å². The maximum atomic E-state index is 6.09. The van der Waals surface area contributed by atoms with E-state index in [1.807, 2.05) is 0 Å². The van der Waals surface area contributed by atoms with Gasteiger partial charge in [-0.2, -0.15) is 0 Å². The van der Waals surface area contributed by atoms with E-state index in [1.54, 1.807) is 0 Å². The first-order valence-corrected chi connectivity index (χ1v) is 6.79. The zero-order valence-electron chi connectivity index (χ0n) is 13.0. The summed E-state index contributed by atoms with van der Waals surface area (Å²) in [5.74, 6) is 0. The third-order valence-electron chi connectivity index (χ3n) is 5.14. The van der Waals surface area contributed by atoms with Crippen molar-refractivity contribution in [3.8, 4) is 0 Å². The summed E-state index contributed by atoms with van der Waals surface area (Å²) in [5.41, 5.74) is -0.557. The molecule has 0 amide bonds. The van der Waals surface area contributed by atoms with Crippen molar-refractivity contribution in [2.24, 2.45) is 0 Å². The Kier molecular flexibility index (Phi) is 3.00. The fourth-order valence-corrected chi connectivity index (χ4v) is 2.34. The molecule has 2 rings (SSSR count). The van der Waals surface area contributed by atoms with E-state index in [2.05, 4.69) is 65.8 Å². The van der Waals surface area contributed by atoms with Gasteiger partial charge in [0.25, 0.3) is 0 Å². The number of hydrogen-bond acceptors (Lipinski definition) is 4. The average Bonchev–Trinajstić information content (AvgIpc) is 2.45. The fraction of sp³-hybridized carbons (Fsp3) is 1.00. The Balaban J connectivity index is 2.14. The van der Waals surface area contributed by atoms with Crippen LogP contribution in [0.3, 0.4) is 0 Å². The summed E-state index contributed by atoms with van der Waals surface area (Å²) in [5, 5.41) is 7.15. The first-order chi connectivity index (χ1) is 7.88. The third-order valence-corrected chi connectivity index (χ3v) is 5.14. The van der Waals surface area contributed by atoms with Crippen molar-refractivity contribution >= 4 is 13.9 Å². The SMILES string of the molecule is CC1(C)NB(B2OC(C)(C)C(C)(C)O2)NC1(C)C. The highest BCUT2D eigenvalue weighted by Gasteiger charge is 2.60. The van der Waals surface area contributed by atoms with Gasteiger partial charge < -0.3 is 19.8 Å². The van der Waals surface area contributed by atoms with E-state index in [-0.39, 0.29) is 36.2 Å². The molecule has 2 saturated heterocycles. The molecule has 18 heavy (non-hydrogen) atoms. The third kappa shape index (κ3) is 2.03. The quantitative estimate of drug-likeness (QED) is 0.692. The minimum absolute atomic E-state index is 0.00125. The Morgan fingerprint density at radius 2 is 1.00 bits per heavy atom. The zero-order chi connectivity index (χ0) is 14.0. The van der Waals surface area contributed by atoms with Crippen LogP contribution in [0.1, 0.15) is 55.4 Å². The van der Waals surface area contributed by atoms with Crippen LogP contribution in [0.25, 0.3) is 0 Å². The highest BCUT2D eigenvalue weighted by Crippen LogP contribution is 2.38. The normalized spacial score (nSPS) is 32.0. The minimum Gasteiger partial charge on any atom is -0.407 e. The summed E-state index contributed by atoms with van der Waals surface area (Å²) in [7, 11) is -0.254. The molecule has 0 spiro atoms. The summed E-state index contributed by atoms with van der Waals surface area (Å²) in [4.78, 5) is 0. The topological polar surface area (TPSA) is 42.5 Å². The van der Waals surface area contributed by atoms with Crippen molar-refractivity contribution in [3.05, 3.63) is 0 Å². The smallest absolute Gasteiger partial charge is 0.407 e. The van der Waals surface area contributed by atoms with Gasteiger partial charge in [0.15, 0.2) is 0 Å². The molecule has 0 aromatic heterocycles. The predicted octanol–water partition coefficient (Wildman–Crippen LogP) is 1.40. The lowest BCUT2D eigenvalue weighted by molar-refractivity contribution is 0.00578. The van der Waals surface area contributed by atoms with Gasteiger partial charge in [-0.25, -0.2) is 0 Å². The van der Waals surface area contributed by atoms with Crippen LogP contribution in [-0.4, -0.2) is 36.2 Å². The van der Waals surface area contributed by atoms with Crippen molar-refractivity contribution in [2.45, 2.75) is 77.7 Å². The zero-order valence-corrected chi connectivity index (χ0v) is 13.0. The van der Waals surface area contributed by atoms with Crippen LogP contribution in [0, 0.1) is 0 Å². The van der Waals surface area contributed by atoms with E-state index in [4.69, 9.17) is 9.31 Å². The maximum absolute atomic E-state index is 6.09. The summed E-state index contributed by atoms with van der Waals surface area (Å²) in [6, 6.07) is 0. The van der Waals surface area contributed by atoms with Crippen molar-refractivity contribution in [2.75, 3.05) is 0 Å². The van der Waals surface area contributed by atoms with Crippen molar-refractivity contribution in [1.29, 1.82) is 0 Å². The molecule has 0 bridgehead atoms. The van der Waals surface area contributed by atoms with E-state index >= 15 is 0 Å². The first kappa shape index (κ1) is 14.4. The highest BCUT2D eigenvalue weighted by atomic mass is 16.7. The Morgan fingerprint density at radius 3 is 1.33 bits per heavy atom. The molecular weight excluding hydrogens is 226 g/mol. The second-order valence-electron chi connectivity index (χ2n) is 7.64. The lowest BCUT2D eigenvalue weighted by atomic mass is 9.41. The lowest BCUT2D eigenvalue weighted by Crippen LogP contribution is -2.56. The van der Waals surface area contributed by atoms with E-state index < -0.39 is 0 Å². The standard InChI is InChI=1S/C12H26B2N2O2/c1-9(2)10(3,4)16-13(15-9)14-17-11(5,6)12(7,8)18-14/h15-16H,1-8H3. The Bertz CT molecular complexity index is 290. The Hall–Kier alpha value is -0.0301. The second kappa shape index (κ2) is 3.75. The molecule has 0 saturated carbocycles. The van der Waals surface area contributed by atoms with Crippen LogP contribution in [0.5, 0.6) is 0 Å². The van der Waals surface area contributed by atoms with Gasteiger partial charge >= 0.3 is 13.9 Å². The summed E-state index contributed by atoms with van der Waals surface area (Å²) in [6.07, 6.45) is 0. The summed E-state index contributed by atoms with van der Waals surface area (Å²) in [6.45, 7) is 17.1. The molecular formula is C12H26B2N2O2. The molecule has 0 aromatic rings. The van der Waals surface area contributed by atoms with Crippen molar-refractivity contribution < 1.29 is 9.31 Å². The number of nitrogens with one attached hydrogen (secondary N) is 2. The van der Waals surface area contributed by atoms with Crippen LogP contribution >= 0.6 is 0 Å². The lowest BCUT2D eigenvalue weighted by Gasteiger charge is -2.35. The van der Waals surface area contributed by atoms with Crippen molar-refractivity contribution in [3.63, 3.8) is 0 Å². The summed E-state index contributed by atoms with van der Waals surface area (Å²) < 4.78 is 12.2. The predicted molar refractivity (Wildman–Crippen MR) is 76.3 cm³/mol. The van der Waals surface area contributed by atoms with Gasteiger partial charge in [-0.15, -0.1) is 0 Å². The molecule has 6 heteroatoms. The average molecular weight is 252 g/mol. The number of rotatable bonds is 1. The van der Waals surface area contributed by atoms with Crippen LogP contribution in [0.15, 0.2) is 0 Å². The molecule has 102 valence electrons. The van der Waals surface area contributed by atoms with Gasteiger partial charge in [-0.3, -0.25) is 0 Å². The molecule has 4 nitrogen and oxygen atoms in total. The highest BCUT2D eigenvalue weighted by molar-refractivity contribution is 7.15. The van der Waals surface area contributed by atoms with Gasteiger partial charge in [0.1, 0.15) is 0 Å². The van der Waals surface area contributed by atoms with Crippen LogP contribution in [0.2, 0.25) is 0 Å². The maximum Gasteiger partial charge on any atom is 0.451 e. The molecule has 0 radical (unpaired) electrons. The van der Waals surface area contributed by atoms with Crippen LogP contribution < -0.4 is 10.5 Å². The van der Waals surface area contributed by atoms with E-state index in [9.17, 15) is 0 Å². The Morgan fingerprint density at radius 1 is 0.667 bits per heavy atom. The molecule has 0 aromatic carbocycles. The molecule has 2 aliphatic rings. The van der Waals surface area contributed by atoms with Crippen LogP contribution in [-0.2, 0) is 9.31 Å². The molecule has 0 aliphatic carbocycles. The largest absolute Gasteiger partial charge is 0.451 e. The van der Waals surface area contributed by atoms with Crippen LogP contribution in [0.4, 0.5) is 0 Å². The minimum atomic E-state index is -0.280. The summed E-state index contributed by atoms with van der Waals surface area (Å²) >= 11 is 0. The fourth-order valence-electron chi connectivity index (χ4n) is 2.34. The van der Waals surface area contributed by atoms with Crippen molar-refractivity contribution in [1.82, 2.24) is 10.5 Å². The van der Waals surface area contributed by atoms with Gasteiger partial charge in [-0.05, 0) is 55.4 Å². The monoisotopic (exact) mass is 252 g/mol. The molecule has 2 fully saturated rings. The molecule has 2 aliphatic heterocycles. The van der Waals surface area contributed by atoms with E-state index in [0.717, 1.165) is 0 Å². The Labute approximate surface area is 112 Å². The van der Waals surface area contributed by atoms with Gasteiger partial charge in [0.2, 0.25) is 0 Å². The van der Waals surface area contributed by atoms with E-state index in [0.29, 0.717) is 0 Å². The second-order valence-corrected chi connectivity index (χ2v) is 7.64. The van der Waals surface area contributed by atoms with Gasteiger partial charge in [0, 0.05) is 11.1 Å². The van der Waals surface area contributed by atoms with E-state index in [1.165, 1.54) is 0 Å². The van der Waals surface area contributed by atoms with Gasteiger partial charge in [0.05, 0.1) is 11.2 Å². The first-order valence-electron chi connectivity index (χ1n) is 6.79. The molecule has 2 N–H and O–H groups in total. The molecule has 2 heterocycles.